The molecule has 3 rings (SSSR count). The second-order valence-corrected chi connectivity index (χ2v) is 5.31. The van der Waals surface area contributed by atoms with E-state index in [1.54, 1.807) is 0 Å². The third kappa shape index (κ3) is 0.959. The third-order valence-electron chi connectivity index (χ3n) is 4.35. The molecule has 2 heterocycles. The van der Waals surface area contributed by atoms with Gasteiger partial charge >= 0.3 is 0 Å². The highest BCUT2D eigenvalue weighted by molar-refractivity contribution is 9.09. The predicted octanol–water partition coefficient (Wildman–Crippen LogP) is 1.54. The Hall–Kier alpha value is 0.400. The van der Waals surface area contributed by atoms with E-state index in [9.17, 15) is 0 Å². The molecule has 3 aliphatic rings. The Kier molecular flexibility index (Phi) is 1.81. The molecule has 0 amide bonds. The van der Waals surface area contributed by atoms with Gasteiger partial charge in [0.15, 0.2) is 0 Å². The topological polar surface area (TPSA) is 21.3 Å². The van der Waals surface area contributed by atoms with Crippen LogP contribution >= 0.6 is 15.9 Å². The van der Waals surface area contributed by atoms with Crippen molar-refractivity contribution in [2.24, 2.45) is 11.3 Å². The van der Waals surface area contributed by atoms with E-state index in [4.69, 9.17) is 4.74 Å². The number of halogens is 1. The highest BCUT2D eigenvalue weighted by Gasteiger charge is 2.70. The molecule has 1 N–H and O–H groups in total. The summed E-state index contributed by atoms with van der Waals surface area (Å²) in [5, 5.41) is 4.56. The number of rotatable bonds is 1. The van der Waals surface area contributed by atoms with E-state index in [0.717, 1.165) is 30.9 Å². The van der Waals surface area contributed by atoms with Gasteiger partial charge < -0.3 is 10.1 Å². The number of hydrogen-bond acceptors (Lipinski definition) is 2. The fourth-order valence-corrected chi connectivity index (χ4v) is 4.52. The van der Waals surface area contributed by atoms with E-state index in [1.807, 2.05) is 0 Å². The first-order valence-corrected chi connectivity index (χ1v) is 6.36. The summed E-state index contributed by atoms with van der Waals surface area (Å²) < 4.78 is 6.07. The largest absolute Gasteiger partial charge is 0.374 e. The van der Waals surface area contributed by atoms with E-state index in [1.165, 1.54) is 19.3 Å². The van der Waals surface area contributed by atoms with Crippen molar-refractivity contribution < 1.29 is 4.74 Å². The predicted molar refractivity (Wildman–Crippen MR) is 55.1 cm³/mol. The van der Waals surface area contributed by atoms with Gasteiger partial charge in [-0.25, -0.2) is 0 Å². The maximum Gasteiger partial charge on any atom is 0.0774 e. The Morgan fingerprint density at radius 3 is 2.77 bits per heavy atom. The van der Waals surface area contributed by atoms with Gasteiger partial charge in [-0.1, -0.05) is 15.9 Å². The van der Waals surface area contributed by atoms with Gasteiger partial charge in [0, 0.05) is 10.7 Å². The molecule has 1 spiro atoms. The zero-order chi connectivity index (χ0) is 8.94. The Labute approximate surface area is 87.5 Å². The Morgan fingerprint density at radius 1 is 1.38 bits per heavy atom. The SMILES string of the molecule is BrCC12CC1COC21CCNCC1. The first-order chi connectivity index (χ1) is 6.33. The van der Waals surface area contributed by atoms with Crippen molar-refractivity contribution in [3.05, 3.63) is 0 Å². The lowest BCUT2D eigenvalue weighted by atomic mass is 9.78. The number of nitrogens with one attached hydrogen (secondary N) is 1. The summed E-state index contributed by atoms with van der Waals surface area (Å²) >= 11 is 3.68. The van der Waals surface area contributed by atoms with E-state index in [0.29, 0.717) is 5.41 Å². The van der Waals surface area contributed by atoms with Crippen molar-refractivity contribution in [2.45, 2.75) is 24.9 Å². The van der Waals surface area contributed by atoms with Gasteiger partial charge in [0.25, 0.3) is 0 Å². The van der Waals surface area contributed by atoms with Crippen LogP contribution in [-0.4, -0.2) is 30.6 Å². The van der Waals surface area contributed by atoms with Crippen LogP contribution in [0.3, 0.4) is 0 Å². The van der Waals surface area contributed by atoms with Crippen LogP contribution in [0.1, 0.15) is 19.3 Å². The maximum absolute atomic E-state index is 6.07. The van der Waals surface area contributed by atoms with Crippen molar-refractivity contribution in [2.75, 3.05) is 25.0 Å². The van der Waals surface area contributed by atoms with Crippen LogP contribution < -0.4 is 5.32 Å². The average Bonchev–Trinajstić information content (AvgIpc) is 2.86. The monoisotopic (exact) mass is 245 g/mol. The lowest BCUT2D eigenvalue weighted by molar-refractivity contribution is -0.0688. The zero-order valence-electron chi connectivity index (χ0n) is 7.81. The Morgan fingerprint density at radius 2 is 2.15 bits per heavy atom. The number of hydrogen-bond donors (Lipinski definition) is 1. The number of ether oxygens (including phenoxy) is 1. The maximum atomic E-state index is 6.07. The van der Waals surface area contributed by atoms with Gasteiger partial charge in [0.2, 0.25) is 0 Å². The fraction of sp³-hybridized carbons (Fsp3) is 1.00. The Bertz CT molecular complexity index is 223. The van der Waals surface area contributed by atoms with E-state index >= 15 is 0 Å². The molecule has 2 aliphatic heterocycles. The van der Waals surface area contributed by atoms with E-state index < -0.39 is 0 Å². The third-order valence-corrected chi connectivity index (χ3v) is 5.35. The molecular weight excluding hydrogens is 230 g/mol. The summed E-state index contributed by atoms with van der Waals surface area (Å²) in [4.78, 5) is 0. The molecular formula is C10H16BrNO. The zero-order valence-corrected chi connectivity index (χ0v) is 9.40. The fourth-order valence-electron chi connectivity index (χ4n) is 3.32. The second-order valence-electron chi connectivity index (χ2n) is 4.75. The molecule has 0 aromatic heterocycles. The molecule has 74 valence electrons. The van der Waals surface area contributed by atoms with E-state index in [2.05, 4.69) is 21.2 Å². The molecule has 2 atom stereocenters. The number of piperidine rings is 1. The summed E-state index contributed by atoms with van der Waals surface area (Å²) in [5.41, 5.74) is 0.765. The normalized spacial score (nSPS) is 46.4. The highest BCUT2D eigenvalue weighted by atomic mass is 79.9. The van der Waals surface area contributed by atoms with Crippen molar-refractivity contribution >= 4 is 15.9 Å². The Balaban J connectivity index is 1.88. The van der Waals surface area contributed by atoms with Gasteiger partial charge in [0.05, 0.1) is 12.2 Å². The summed E-state index contributed by atoms with van der Waals surface area (Å²) in [6.07, 6.45) is 3.84. The highest BCUT2D eigenvalue weighted by Crippen LogP contribution is 2.68. The molecule has 3 fully saturated rings. The van der Waals surface area contributed by atoms with Gasteiger partial charge in [-0.05, 0) is 38.3 Å². The van der Waals surface area contributed by atoms with Gasteiger partial charge in [0.1, 0.15) is 0 Å². The van der Waals surface area contributed by atoms with Crippen LogP contribution in [0.4, 0.5) is 0 Å². The minimum absolute atomic E-state index is 0.242. The quantitative estimate of drug-likeness (QED) is 0.708. The van der Waals surface area contributed by atoms with Crippen molar-refractivity contribution in [3.8, 4) is 0 Å². The van der Waals surface area contributed by atoms with Crippen molar-refractivity contribution in [3.63, 3.8) is 0 Å². The van der Waals surface area contributed by atoms with Gasteiger partial charge in [-0.15, -0.1) is 0 Å². The minimum atomic E-state index is 0.242. The van der Waals surface area contributed by atoms with Crippen LogP contribution in [0.15, 0.2) is 0 Å². The number of fused-ring (bicyclic) bond motifs is 2. The van der Waals surface area contributed by atoms with Crippen molar-refractivity contribution in [1.82, 2.24) is 5.32 Å². The molecule has 2 saturated heterocycles. The van der Waals surface area contributed by atoms with E-state index in [-0.39, 0.29) is 5.60 Å². The van der Waals surface area contributed by atoms with Gasteiger partial charge in [-0.2, -0.15) is 0 Å². The molecule has 1 aliphatic carbocycles. The molecule has 3 heteroatoms. The smallest absolute Gasteiger partial charge is 0.0774 e. The molecule has 0 aromatic carbocycles. The molecule has 2 nitrogen and oxygen atoms in total. The summed E-state index contributed by atoms with van der Waals surface area (Å²) in [5.74, 6) is 0.866. The van der Waals surface area contributed by atoms with Crippen molar-refractivity contribution in [1.29, 1.82) is 0 Å². The molecule has 0 aromatic rings. The summed E-state index contributed by atoms with van der Waals surface area (Å²) in [7, 11) is 0. The molecule has 1 saturated carbocycles. The molecule has 13 heavy (non-hydrogen) atoms. The molecule has 2 unspecified atom stereocenters. The standard InChI is InChI=1S/C10H16BrNO/c11-7-9-5-8(9)6-13-10(9)1-3-12-4-2-10/h8,12H,1-7H2. The lowest BCUT2D eigenvalue weighted by Gasteiger charge is -2.40. The van der Waals surface area contributed by atoms with Crippen LogP contribution in [0.5, 0.6) is 0 Å². The summed E-state index contributed by atoms with van der Waals surface area (Å²) in [6, 6.07) is 0. The van der Waals surface area contributed by atoms with Crippen LogP contribution in [0.2, 0.25) is 0 Å². The van der Waals surface area contributed by atoms with Crippen LogP contribution in [0.25, 0.3) is 0 Å². The summed E-state index contributed by atoms with van der Waals surface area (Å²) in [6.45, 7) is 3.30. The number of alkyl halides is 1. The second kappa shape index (κ2) is 2.71. The van der Waals surface area contributed by atoms with Crippen LogP contribution in [-0.2, 0) is 4.74 Å². The molecule has 0 bridgehead atoms. The van der Waals surface area contributed by atoms with Gasteiger partial charge in [-0.3, -0.25) is 0 Å². The first-order valence-electron chi connectivity index (χ1n) is 5.24. The molecule has 0 radical (unpaired) electrons. The first kappa shape index (κ1) is 8.69. The lowest BCUT2D eigenvalue weighted by Crippen LogP contribution is -2.49. The minimum Gasteiger partial charge on any atom is -0.374 e. The van der Waals surface area contributed by atoms with Crippen LogP contribution in [0, 0.1) is 11.3 Å². The average molecular weight is 246 g/mol.